The number of allylic oxidation sites excluding steroid dienone is 9. The van der Waals surface area contributed by atoms with E-state index in [1.165, 1.54) is 108 Å². The van der Waals surface area contributed by atoms with Gasteiger partial charge in [-0.3, -0.25) is 24.0 Å². The molecule has 12 unspecified atom stereocenters. The third kappa shape index (κ3) is 15.2. The maximum absolute atomic E-state index is 15.5. The van der Waals surface area contributed by atoms with Gasteiger partial charge in [-0.05, 0) is 111 Å². The second kappa shape index (κ2) is 34.0. The fourth-order valence-corrected chi connectivity index (χ4v) is 16.9. The van der Waals surface area contributed by atoms with Crippen LogP contribution in [0.1, 0.15) is 94.9 Å². The van der Waals surface area contributed by atoms with Crippen LogP contribution in [0.25, 0.3) is 0 Å². The number of aliphatic hydroxyl groups is 13. The molecule has 0 aromatic rings. The molecule has 6 fully saturated rings. The number of fused-ring (bicyclic) bond motifs is 4. The van der Waals surface area contributed by atoms with Crippen LogP contribution in [0.4, 0.5) is 0 Å². The maximum Gasteiger partial charge on any atom is 2.00 e. The Balaban J connectivity index is 0.00000516. The van der Waals surface area contributed by atoms with Crippen molar-refractivity contribution in [1.29, 1.82) is 0 Å². The first-order chi connectivity index (χ1) is 50.6. The molecule has 8 bridgehead atoms. The minimum absolute atomic E-state index is 0. The number of esters is 4. The van der Waals surface area contributed by atoms with Crippen LogP contribution in [-0.4, -0.2) is 274 Å². The molecule has 5 aliphatic carbocycles. The van der Waals surface area contributed by atoms with Gasteiger partial charge < -0.3 is 104 Å². The molecule has 6 aliphatic heterocycles. The first-order valence-corrected chi connectivity index (χ1v) is 35.3. The van der Waals surface area contributed by atoms with E-state index < -0.39 is 261 Å². The summed E-state index contributed by atoms with van der Waals surface area (Å²) in [6, 6.07) is 0. The number of hydrogen-bond acceptors (Lipinski definition) is 30. The van der Waals surface area contributed by atoms with E-state index in [-0.39, 0.29) is 155 Å². The van der Waals surface area contributed by atoms with Gasteiger partial charge in [-0.25, -0.2) is 19.2 Å². The predicted molar refractivity (Wildman–Crippen MR) is 376 cm³/mol. The van der Waals surface area contributed by atoms with E-state index in [0.29, 0.717) is 23.0 Å². The number of Topliss-reactive ketones (excluding diaryl/α,β-unsaturated/α-hetero) is 4. The molecule has 30 nitrogen and oxygen atoms in total. The fraction of sp³-hybridized carbons (Fsp3) is 0.526. The molecule has 0 saturated carbocycles. The summed E-state index contributed by atoms with van der Waals surface area (Å²) in [7, 11) is 0. The molecule has 22 atom stereocenters. The van der Waals surface area contributed by atoms with Crippen molar-refractivity contribution >= 4 is 91.0 Å². The Labute approximate surface area is 732 Å². The van der Waals surface area contributed by atoms with Gasteiger partial charge in [0.05, 0.1) is 54.7 Å². The van der Waals surface area contributed by atoms with Gasteiger partial charge in [-0.15, -0.1) is 0 Å². The van der Waals surface area contributed by atoms with Crippen LogP contribution in [-0.2, 0) is 81.0 Å². The van der Waals surface area contributed by atoms with E-state index in [4.69, 9.17) is 37.9 Å². The Hall–Kier alpha value is -4.83. The summed E-state index contributed by atoms with van der Waals surface area (Å²) >= 11 is 0. The number of carbonyl (C=O) groups excluding carboxylic acids is 9. The van der Waals surface area contributed by atoms with Crippen LogP contribution >= 0.6 is 0 Å². The van der Waals surface area contributed by atoms with Crippen molar-refractivity contribution in [2.75, 3.05) is 33.0 Å². The quantitative estimate of drug-likeness (QED) is 0.0249. The Kier molecular flexibility index (Phi) is 28.1. The van der Waals surface area contributed by atoms with E-state index in [1.807, 2.05) is 0 Å². The maximum atomic E-state index is 15.5. The zero-order chi connectivity index (χ0) is 79.4. The number of hydrogen-bond donors (Lipinski definition) is 13. The normalized spacial score (nSPS) is 44.7. The van der Waals surface area contributed by atoms with Gasteiger partial charge in [-0.1, -0.05) is 101 Å². The molecule has 6 heterocycles. The van der Waals surface area contributed by atoms with Gasteiger partial charge in [0.25, 0.3) is 0 Å². The minimum atomic E-state index is -2.33. The molecule has 0 amide bonds. The Morgan fingerprint density at radius 2 is 0.757 bits per heavy atom. The van der Waals surface area contributed by atoms with Gasteiger partial charge in [0.1, 0.15) is 100 Å². The molecule has 4 spiro atoms. The van der Waals surface area contributed by atoms with E-state index >= 15 is 19.2 Å². The molecule has 0 aromatic heterocycles. The van der Waals surface area contributed by atoms with Crippen LogP contribution in [0.2, 0.25) is 0 Å². The average Bonchev–Trinajstić information content (AvgIpc) is 1.60. The second-order valence-electron chi connectivity index (χ2n) is 30.9. The summed E-state index contributed by atoms with van der Waals surface area (Å²) in [4.78, 5) is 132. The smallest absolute Gasteiger partial charge is 0.507 e. The van der Waals surface area contributed by atoms with Crippen molar-refractivity contribution in [3.63, 3.8) is 0 Å². The van der Waals surface area contributed by atoms with E-state index in [9.17, 15) is 90.4 Å². The van der Waals surface area contributed by atoms with Crippen LogP contribution in [0.15, 0.2) is 164 Å². The third-order valence-electron chi connectivity index (χ3n) is 23.8. The van der Waals surface area contributed by atoms with Crippen molar-refractivity contribution in [3.8, 4) is 0 Å². The van der Waals surface area contributed by atoms with Crippen molar-refractivity contribution in [1.82, 2.24) is 0 Å². The molecule has 6 saturated heterocycles. The second-order valence-corrected chi connectivity index (χ2v) is 30.9. The molecule has 33 heteroatoms. The van der Waals surface area contributed by atoms with Crippen LogP contribution in [0, 0.1) is 45.3 Å². The predicted octanol–water partition coefficient (Wildman–Crippen LogP) is -3.83. The van der Waals surface area contributed by atoms with Gasteiger partial charge in [-0.2, -0.15) is 0 Å². The van der Waals surface area contributed by atoms with Crippen molar-refractivity contribution in [2.24, 2.45) is 45.3 Å². The molecule has 0 radical (unpaired) electrons. The monoisotopic (exact) mass is 1610 g/mol. The summed E-state index contributed by atoms with van der Waals surface area (Å²) in [5.41, 5.74) is -19.5. The number of aliphatic hydroxyl groups excluding tert-OH is 13. The largest absolute Gasteiger partial charge is 2.00 e. The average molecular weight is 1610 g/mol. The molecule has 0 aromatic carbocycles. The molecule has 582 valence electrons. The standard InChI is InChI=1S/C78H90O30.Ca.K.Na/c1-35-13-11-17-71(7)27-43(33-101-69-59(91)57(89)55(87)47(31-81)103-69)39(5)23-75(71)61(93)49(65(97)105-75)46(84)16-20-74(10)26-42(30-80)38(4)22-78(74)64(96)52(68(100)108-78)54(86)36(2)14-12-18-72(8)28-44(34-102-70-60(92)58(90)56(88)48(32-82)104-70)40(6)24-76(72)62(94)50(66(98)106-76)45(83)15-19-73(9)25-41(29-79)37(3)21-77(73)63(95)51(53(35)85)67(99)107-77;;;/h11-20,25-29,37-40,47-48,55-60,69-70,80-92H,21-24,30-34H2,1-10H3;;;/q;+2;2*+1/b17-11+,18-12+,19-15+,20-16+,35-13+,36-14+,49-46+,50-45+,53-51-,54-52+;;;/t37?,38?,39?,40?,47-,48-,55+,56+,57+,58+,59-,60-,69+,70+,71?,72?,73?,74?,75?,76?,77?,78?;;;/m1.../s1. The van der Waals surface area contributed by atoms with Crippen LogP contribution in [0.5, 0.6) is 0 Å². The SMILES string of the molecule is CC1=C\C=C\C2(C)C=C(CO[C@H]3O[C@H](CO)[C@H](O)[C@H](O)[C@H]3O)C(C)CC23OC(=O)/C(=C(O)\C=C\C2(C)C=C(CO)C(C)CC24OC(=O)\C(=C(O)/C(C)=C/C=C/C2(C)C=C(CO[C@H]5O[C@H](CO)[C@H](O)[C@H](O)[C@H]5O)C(C)CC25OC(=O)/C(=C(O)\C=C\C2(C)C=C(C=O)C(C)CC26OC(=O)\C(=C\1O)C6=O)C5=O)C4=O)C3=O.[Ca+2].[K+].[Na+]. The zero-order valence-corrected chi connectivity index (χ0v) is 70.9. The van der Waals surface area contributed by atoms with E-state index in [0.717, 1.165) is 18.2 Å². The Bertz CT molecular complexity index is 4360. The van der Waals surface area contributed by atoms with Gasteiger partial charge in [0.15, 0.2) is 35.0 Å². The first-order valence-electron chi connectivity index (χ1n) is 35.3. The number of ether oxygens (including phenoxy) is 8. The van der Waals surface area contributed by atoms with E-state index in [2.05, 4.69) is 0 Å². The number of ketones is 4. The Morgan fingerprint density at radius 1 is 0.450 bits per heavy atom. The van der Waals surface area contributed by atoms with Crippen molar-refractivity contribution < 1.29 is 228 Å². The van der Waals surface area contributed by atoms with Crippen molar-refractivity contribution in [3.05, 3.63) is 164 Å². The zero-order valence-electron chi connectivity index (χ0n) is 63.6. The molecule has 11 rings (SSSR count). The van der Waals surface area contributed by atoms with Gasteiger partial charge in [0, 0.05) is 25.7 Å². The molecule has 13 N–H and O–H groups in total. The van der Waals surface area contributed by atoms with Gasteiger partial charge >= 0.3 is 143 Å². The third-order valence-corrected chi connectivity index (χ3v) is 23.8. The van der Waals surface area contributed by atoms with Crippen LogP contribution < -0.4 is 80.9 Å². The minimum Gasteiger partial charge on any atom is -0.507 e. The van der Waals surface area contributed by atoms with E-state index in [1.54, 1.807) is 27.7 Å². The molecular formula is C78H90CaKNaO30+4. The topological polar surface area (TPSA) is 490 Å². The Morgan fingerprint density at radius 3 is 1.10 bits per heavy atom. The van der Waals surface area contributed by atoms with Crippen molar-refractivity contribution in [2.45, 2.75) is 179 Å². The molecule has 11 aliphatic rings. The molecule has 111 heavy (non-hydrogen) atoms. The fourth-order valence-electron chi connectivity index (χ4n) is 16.9. The summed E-state index contributed by atoms with van der Waals surface area (Å²) in [5, 5.41) is 143. The number of aldehydes is 1. The summed E-state index contributed by atoms with van der Waals surface area (Å²) in [6.45, 7) is 11.7. The molecular weight excluding hydrogens is 1520 g/mol. The summed E-state index contributed by atoms with van der Waals surface area (Å²) in [6.07, 6.45) is -0.316. The summed E-state index contributed by atoms with van der Waals surface area (Å²) < 4.78 is 47.5. The summed E-state index contributed by atoms with van der Waals surface area (Å²) in [5.74, 6) is -16.7. The first kappa shape index (κ1) is 91.7. The van der Waals surface area contributed by atoms with Gasteiger partial charge in [0.2, 0.25) is 23.1 Å². The number of carbonyl (C=O) groups is 9. The van der Waals surface area contributed by atoms with Crippen LogP contribution in [0.3, 0.4) is 0 Å². The number of rotatable bonds is 10.